The highest BCUT2D eigenvalue weighted by Crippen LogP contribution is 2.39. The molecule has 1 saturated carbocycles. The van der Waals surface area contributed by atoms with Gasteiger partial charge in [0.2, 0.25) is 5.89 Å². The van der Waals surface area contributed by atoms with Gasteiger partial charge in [-0.05, 0) is 42.2 Å². The van der Waals surface area contributed by atoms with Crippen molar-refractivity contribution >= 4 is 5.65 Å². The molecule has 0 bridgehead atoms. The number of alkyl halides is 5. The van der Waals surface area contributed by atoms with Gasteiger partial charge in [0.25, 0.3) is 0 Å². The van der Waals surface area contributed by atoms with E-state index in [4.69, 9.17) is 9.26 Å². The molecule has 1 aromatic carbocycles. The van der Waals surface area contributed by atoms with Crippen LogP contribution in [0.4, 0.5) is 22.0 Å². The summed E-state index contributed by atoms with van der Waals surface area (Å²) in [5.41, 5.74) is -0.0919. The van der Waals surface area contributed by atoms with Gasteiger partial charge in [-0.25, -0.2) is 0 Å². The number of fused-ring (bicyclic) bond motifs is 1. The van der Waals surface area contributed by atoms with Crippen LogP contribution < -0.4 is 4.74 Å². The zero-order valence-corrected chi connectivity index (χ0v) is 16.6. The minimum atomic E-state index is -4.84. The van der Waals surface area contributed by atoms with E-state index in [9.17, 15) is 13.2 Å². The third-order valence-electron chi connectivity index (χ3n) is 4.92. The second-order valence-electron chi connectivity index (χ2n) is 7.41. The van der Waals surface area contributed by atoms with Crippen molar-refractivity contribution in [2.24, 2.45) is 0 Å². The smallest absolute Gasteiger partial charge is 0.406 e. The molecule has 1 aliphatic rings. The highest BCUT2D eigenvalue weighted by molar-refractivity contribution is 5.68. The lowest BCUT2D eigenvalue weighted by Gasteiger charge is -2.18. The van der Waals surface area contributed by atoms with Gasteiger partial charge in [-0.15, -0.1) is 23.4 Å². The van der Waals surface area contributed by atoms with Crippen molar-refractivity contribution in [2.75, 3.05) is 0 Å². The molecule has 8 nitrogen and oxygen atoms in total. The Labute approximate surface area is 181 Å². The molecule has 4 aromatic rings. The molecule has 3 heterocycles. The number of aromatic nitrogens is 5. The van der Waals surface area contributed by atoms with E-state index < -0.39 is 30.4 Å². The maximum Gasteiger partial charge on any atom is 0.573 e. The van der Waals surface area contributed by atoms with Gasteiger partial charge in [0, 0.05) is 12.1 Å². The number of rotatable bonds is 7. The first-order valence-corrected chi connectivity index (χ1v) is 9.72. The second kappa shape index (κ2) is 7.76. The predicted molar refractivity (Wildman–Crippen MR) is 100 cm³/mol. The van der Waals surface area contributed by atoms with Crippen LogP contribution in [0, 0.1) is 0 Å². The molecule has 0 radical (unpaired) electrons. The summed E-state index contributed by atoms with van der Waals surface area (Å²) in [6, 6.07) is 5.93. The molecule has 0 atom stereocenters. The molecule has 1 aliphatic carbocycles. The van der Waals surface area contributed by atoms with E-state index in [1.54, 1.807) is 0 Å². The Kier molecular flexibility index (Phi) is 5.00. The van der Waals surface area contributed by atoms with Crippen molar-refractivity contribution in [3.05, 3.63) is 60.1 Å². The van der Waals surface area contributed by atoms with Crippen molar-refractivity contribution in [2.45, 2.75) is 37.8 Å². The van der Waals surface area contributed by atoms with E-state index in [2.05, 4.69) is 25.1 Å². The van der Waals surface area contributed by atoms with Gasteiger partial charge in [-0.1, -0.05) is 17.3 Å². The van der Waals surface area contributed by atoms with Gasteiger partial charge in [-0.2, -0.15) is 13.8 Å². The Balaban J connectivity index is 1.41. The van der Waals surface area contributed by atoms with E-state index in [-0.39, 0.29) is 23.0 Å². The zero-order valence-electron chi connectivity index (χ0n) is 16.6. The number of benzene rings is 1. The molecule has 13 heteroatoms. The van der Waals surface area contributed by atoms with Crippen LogP contribution in [-0.2, 0) is 17.5 Å². The van der Waals surface area contributed by atoms with Crippen molar-refractivity contribution in [1.82, 2.24) is 24.7 Å². The molecule has 0 N–H and O–H groups in total. The molecular weight excluding hydrogens is 453 g/mol. The van der Waals surface area contributed by atoms with Crippen LogP contribution in [0.2, 0.25) is 0 Å². The first-order valence-electron chi connectivity index (χ1n) is 9.72. The van der Waals surface area contributed by atoms with E-state index >= 15 is 8.78 Å². The van der Waals surface area contributed by atoms with Crippen molar-refractivity contribution < 1.29 is 35.9 Å². The van der Waals surface area contributed by atoms with Crippen LogP contribution in [0.3, 0.4) is 0 Å². The molecule has 3 aromatic heterocycles. The lowest BCUT2D eigenvalue weighted by molar-refractivity contribution is -0.274. The molecule has 33 heavy (non-hydrogen) atoms. The number of pyridine rings is 1. The fourth-order valence-corrected chi connectivity index (χ4v) is 3.21. The van der Waals surface area contributed by atoms with Gasteiger partial charge in [-0.3, -0.25) is 4.40 Å². The summed E-state index contributed by atoms with van der Waals surface area (Å²) in [7, 11) is 0. The Bertz CT molecular complexity index is 1280. The third kappa shape index (κ3) is 4.62. The summed E-state index contributed by atoms with van der Waals surface area (Å²) < 4.78 is 82.2. The molecular formula is C20H14F5N5O3. The molecule has 0 aliphatic heterocycles. The number of hydrogen-bond donors (Lipinski definition) is 0. The normalized spacial score (nSPS) is 14.7. The summed E-state index contributed by atoms with van der Waals surface area (Å²) >= 11 is 0. The van der Waals surface area contributed by atoms with E-state index in [1.165, 1.54) is 29.1 Å². The lowest BCUT2D eigenvalue weighted by atomic mass is 10.0. The largest absolute Gasteiger partial charge is 0.573 e. The highest BCUT2D eigenvalue weighted by atomic mass is 19.4. The fourth-order valence-electron chi connectivity index (χ4n) is 3.21. The van der Waals surface area contributed by atoms with Gasteiger partial charge >= 0.3 is 12.5 Å². The molecule has 0 spiro atoms. The number of halogens is 5. The van der Waals surface area contributed by atoms with Gasteiger partial charge in [0.05, 0.1) is 5.56 Å². The summed E-state index contributed by atoms with van der Waals surface area (Å²) in [4.78, 5) is 4.06. The highest BCUT2D eigenvalue weighted by Gasteiger charge is 2.38. The molecule has 0 amide bonds. The Morgan fingerprint density at radius 2 is 1.82 bits per heavy atom. The van der Waals surface area contributed by atoms with Crippen molar-refractivity contribution in [3.8, 4) is 16.9 Å². The zero-order chi connectivity index (χ0) is 23.2. The van der Waals surface area contributed by atoms with Crippen LogP contribution in [0.5, 0.6) is 5.75 Å². The van der Waals surface area contributed by atoms with E-state index in [0.29, 0.717) is 11.5 Å². The average Bonchev–Trinajstić information content (AvgIpc) is 3.30. The quantitative estimate of drug-likeness (QED) is 0.360. The summed E-state index contributed by atoms with van der Waals surface area (Å²) in [6.07, 6.45) is -4.12. The van der Waals surface area contributed by atoms with Gasteiger partial charge in [0.15, 0.2) is 11.5 Å². The maximum absolute atomic E-state index is 15.0. The number of hydrogen-bond acceptors (Lipinski definition) is 7. The van der Waals surface area contributed by atoms with E-state index in [0.717, 1.165) is 31.0 Å². The lowest BCUT2D eigenvalue weighted by Crippen LogP contribution is -2.20. The second-order valence-corrected chi connectivity index (χ2v) is 7.41. The SMILES string of the molecule is FC(F)(F)Oc1ccc(-c2cc(C(F)(F)OCc3noc(C4CC4)n3)c3nncn3c2)cc1. The number of nitrogens with zero attached hydrogens (tertiary/aromatic N) is 5. The summed E-state index contributed by atoms with van der Waals surface area (Å²) in [6.45, 7) is -0.600. The molecule has 0 saturated heterocycles. The molecule has 1 fully saturated rings. The van der Waals surface area contributed by atoms with Crippen LogP contribution in [0.15, 0.2) is 47.4 Å². The minimum Gasteiger partial charge on any atom is -0.406 e. The number of ether oxygens (including phenoxy) is 2. The molecule has 0 unspecified atom stereocenters. The van der Waals surface area contributed by atoms with Crippen LogP contribution >= 0.6 is 0 Å². The van der Waals surface area contributed by atoms with E-state index in [1.807, 2.05) is 0 Å². The van der Waals surface area contributed by atoms with Crippen molar-refractivity contribution in [1.29, 1.82) is 0 Å². The maximum atomic E-state index is 15.0. The fraction of sp³-hybridized carbons (Fsp3) is 0.300. The average molecular weight is 467 g/mol. The minimum absolute atomic E-state index is 0.00882. The van der Waals surface area contributed by atoms with Crippen LogP contribution in [0.25, 0.3) is 16.8 Å². The topological polar surface area (TPSA) is 87.6 Å². The molecule has 172 valence electrons. The first-order chi connectivity index (χ1) is 15.7. The monoisotopic (exact) mass is 467 g/mol. The molecule has 5 rings (SSSR count). The van der Waals surface area contributed by atoms with Gasteiger partial charge in [0.1, 0.15) is 18.7 Å². The summed E-state index contributed by atoms with van der Waals surface area (Å²) in [5.74, 6) is 0.130. The Morgan fingerprint density at radius 3 is 2.52 bits per heavy atom. The van der Waals surface area contributed by atoms with Crippen molar-refractivity contribution in [3.63, 3.8) is 0 Å². The van der Waals surface area contributed by atoms with Crippen LogP contribution in [-0.4, -0.2) is 31.1 Å². The third-order valence-corrected chi connectivity index (χ3v) is 4.92. The Hall–Kier alpha value is -3.61. The summed E-state index contributed by atoms with van der Waals surface area (Å²) in [5, 5.41) is 11.0. The van der Waals surface area contributed by atoms with Gasteiger partial charge < -0.3 is 14.0 Å². The van der Waals surface area contributed by atoms with Crippen LogP contribution in [0.1, 0.15) is 36.0 Å². The Morgan fingerprint density at radius 1 is 1.06 bits per heavy atom. The first kappa shape index (κ1) is 21.2. The predicted octanol–water partition coefficient (Wildman–Crippen LogP) is 4.82. The standard InChI is InChI=1S/C20H14F5N5O3/c21-19(22,31-9-16-27-18(33-29-16)12-1-2-12)15-7-13(8-30-10-26-28-17(15)30)11-3-5-14(6-4-11)32-20(23,24)25/h3-8,10,12H,1-2,9H2.